The van der Waals surface area contributed by atoms with Crippen LogP contribution in [0.4, 0.5) is 0 Å². The Bertz CT molecular complexity index is 840. The number of methoxy groups -OCH3 is 1. The van der Waals surface area contributed by atoms with Gasteiger partial charge in [0.15, 0.2) is 11.5 Å². The highest BCUT2D eigenvalue weighted by Crippen LogP contribution is 2.29. The zero-order valence-corrected chi connectivity index (χ0v) is 19.9. The molecule has 0 heterocycles. The molecule has 2 aromatic rings. The van der Waals surface area contributed by atoms with E-state index in [0.29, 0.717) is 43.4 Å². The van der Waals surface area contributed by atoms with Gasteiger partial charge in [-0.3, -0.25) is 4.79 Å². The number of hydrogen-bond donors (Lipinski definition) is 1. The van der Waals surface area contributed by atoms with E-state index in [4.69, 9.17) is 20.1 Å². The van der Waals surface area contributed by atoms with Crippen molar-refractivity contribution in [1.82, 2.24) is 4.90 Å². The van der Waals surface area contributed by atoms with Crippen LogP contribution < -0.4 is 20.1 Å². The van der Waals surface area contributed by atoms with Crippen molar-refractivity contribution in [1.29, 1.82) is 0 Å². The largest absolute Gasteiger partial charge is 0.494 e. The Balaban J connectivity index is 0.00000512. The molecule has 176 valence electrons. The first-order valence-corrected chi connectivity index (χ1v) is 10.7. The molecule has 1 amide bonds. The molecule has 0 spiro atoms. The summed E-state index contributed by atoms with van der Waals surface area (Å²) in [6, 6.07) is 12.9. The number of rotatable bonds is 13. The molecular weight excluding hydrogens is 430 g/mol. The molecule has 2 aromatic carbocycles. The van der Waals surface area contributed by atoms with Crippen molar-refractivity contribution < 1.29 is 19.0 Å². The topological polar surface area (TPSA) is 86.4 Å². The first-order chi connectivity index (χ1) is 15.1. The van der Waals surface area contributed by atoms with Gasteiger partial charge in [-0.05, 0) is 81.1 Å². The Kier molecular flexibility index (Phi) is 12.7. The molecule has 2 N–H and O–H groups in total. The molecule has 0 aliphatic rings. The second kappa shape index (κ2) is 15.0. The zero-order valence-electron chi connectivity index (χ0n) is 19.1. The summed E-state index contributed by atoms with van der Waals surface area (Å²) in [4.78, 5) is 14.4. The van der Waals surface area contributed by atoms with Crippen LogP contribution in [0.5, 0.6) is 17.2 Å². The lowest BCUT2D eigenvalue weighted by Gasteiger charge is -2.19. The number of benzene rings is 2. The lowest BCUT2D eigenvalue weighted by Crippen LogP contribution is -2.30. The third-order valence-electron chi connectivity index (χ3n) is 4.88. The molecule has 2 rings (SSSR count). The van der Waals surface area contributed by atoms with Gasteiger partial charge in [0.05, 0.1) is 26.5 Å². The first kappa shape index (κ1) is 27.1. The minimum atomic E-state index is -0.00185. The molecule has 7 nitrogen and oxygen atoms in total. The van der Waals surface area contributed by atoms with Gasteiger partial charge in [-0.2, -0.15) is 5.10 Å². The monoisotopic (exact) mass is 463 g/mol. The van der Waals surface area contributed by atoms with Crippen LogP contribution >= 0.6 is 12.4 Å². The SMILES string of the molecule is CCN(CC)C(=O)c1ccc(OC)c(OCCCCCOc2ccc(/C=N/N)cc2)c1.Cl. The number of unbranched alkanes of at least 4 members (excludes halogenated alkanes) is 2. The average molecular weight is 464 g/mol. The Labute approximate surface area is 196 Å². The van der Waals surface area contributed by atoms with E-state index in [1.54, 1.807) is 36.4 Å². The molecule has 0 aliphatic heterocycles. The van der Waals surface area contributed by atoms with Gasteiger partial charge in [0.2, 0.25) is 0 Å². The highest BCUT2D eigenvalue weighted by Gasteiger charge is 2.15. The molecule has 0 aromatic heterocycles. The average Bonchev–Trinajstić information content (AvgIpc) is 2.80. The van der Waals surface area contributed by atoms with Gasteiger partial charge < -0.3 is 25.0 Å². The van der Waals surface area contributed by atoms with Crippen LogP contribution in [-0.4, -0.2) is 50.4 Å². The van der Waals surface area contributed by atoms with Gasteiger partial charge in [0.1, 0.15) is 5.75 Å². The van der Waals surface area contributed by atoms with Gasteiger partial charge in [-0.1, -0.05) is 0 Å². The van der Waals surface area contributed by atoms with E-state index in [9.17, 15) is 4.79 Å². The molecule has 0 saturated carbocycles. The summed E-state index contributed by atoms with van der Waals surface area (Å²) < 4.78 is 17.0. The fraction of sp³-hybridized carbons (Fsp3) is 0.417. The third-order valence-corrected chi connectivity index (χ3v) is 4.88. The summed E-state index contributed by atoms with van der Waals surface area (Å²) in [6.45, 7) is 6.47. The number of amides is 1. The maximum absolute atomic E-state index is 12.6. The van der Waals surface area contributed by atoms with Crippen LogP contribution in [0.3, 0.4) is 0 Å². The number of carbonyl (C=O) groups excluding carboxylic acids is 1. The van der Waals surface area contributed by atoms with E-state index in [-0.39, 0.29) is 18.3 Å². The van der Waals surface area contributed by atoms with Crippen LogP contribution in [0, 0.1) is 0 Å². The number of carbonyl (C=O) groups is 1. The van der Waals surface area contributed by atoms with Gasteiger partial charge >= 0.3 is 0 Å². The number of ether oxygens (including phenoxy) is 3. The van der Waals surface area contributed by atoms with E-state index in [0.717, 1.165) is 30.6 Å². The predicted octanol–water partition coefficient (Wildman–Crippen LogP) is 4.52. The predicted molar refractivity (Wildman–Crippen MR) is 131 cm³/mol. The number of hydrogen-bond acceptors (Lipinski definition) is 6. The summed E-state index contributed by atoms with van der Waals surface area (Å²) in [6.07, 6.45) is 4.37. The zero-order chi connectivity index (χ0) is 22.5. The van der Waals surface area contributed by atoms with Crippen LogP contribution in [0.1, 0.15) is 49.0 Å². The molecule has 0 fully saturated rings. The van der Waals surface area contributed by atoms with Crippen LogP contribution in [-0.2, 0) is 0 Å². The van der Waals surface area contributed by atoms with E-state index < -0.39 is 0 Å². The second-order valence-electron chi connectivity index (χ2n) is 6.95. The standard InChI is InChI=1S/C24H33N3O4.ClH/c1-4-27(5-2)24(28)20-11-14-22(29-3)23(17-20)31-16-8-6-7-15-30-21-12-9-19(10-13-21)18-26-25;/h9-14,17-18H,4-8,15-16,25H2,1-3H3;1H/b26-18+;. The Morgan fingerprint density at radius 2 is 1.62 bits per heavy atom. The summed E-state index contributed by atoms with van der Waals surface area (Å²) in [7, 11) is 1.60. The lowest BCUT2D eigenvalue weighted by atomic mass is 10.1. The van der Waals surface area contributed by atoms with Crippen LogP contribution in [0.25, 0.3) is 0 Å². The minimum Gasteiger partial charge on any atom is -0.494 e. The summed E-state index contributed by atoms with van der Waals surface area (Å²) >= 11 is 0. The van der Waals surface area contributed by atoms with Crippen LogP contribution in [0.15, 0.2) is 47.6 Å². The highest BCUT2D eigenvalue weighted by molar-refractivity contribution is 5.94. The molecule has 0 atom stereocenters. The smallest absolute Gasteiger partial charge is 0.253 e. The molecule has 32 heavy (non-hydrogen) atoms. The molecule has 0 bridgehead atoms. The number of halogens is 1. The fourth-order valence-corrected chi connectivity index (χ4v) is 3.11. The van der Waals surface area contributed by atoms with E-state index in [1.165, 1.54) is 0 Å². The molecule has 8 heteroatoms. The molecular formula is C24H34ClN3O4. The Hall–Kier alpha value is -2.93. The lowest BCUT2D eigenvalue weighted by molar-refractivity contribution is 0.0772. The Morgan fingerprint density at radius 3 is 2.22 bits per heavy atom. The van der Waals surface area contributed by atoms with Crippen molar-refractivity contribution in [2.45, 2.75) is 33.1 Å². The van der Waals surface area contributed by atoms with Crippen molar-refractivity contribution in [3.05, 3.63) is 53.6 Å². The summed E-state index contributed by atoms with van der Waals surface area (Å²) in [5.41, 5.74) is 1.54. The fourth-order valence-electron chi connectivity index (χ4n) is 3.11. The van der Waals surface area contributed by atoms with Crippen molar-refractivity contribution in [3.63, 3.8) is 0 Å². The maximum Gasteiger partial charge on any atom is 0.253 e. The Morgan fingerprint density at radius 1 is 0.969 bits per heavy atom. The highest BCUT2D eigenvalue weighted by atomic mass is 35.5. The van der Waals surface area contributed by atoms with E-state index in [1.807, 2.05) is 38.1 Å². The van der Waals surface area contributed by atoms with Crippen molar-refractivity contribution in [2.75, 3.05) is 33.4 Å². The second-order valence-corrected chi connectivity index (χ2v) is 6.95. The quantitative estimate of drug-likeness (QED) is 0.204. The first-order valence-electron chi connectivity index (χ1n) is 10.7. The van der Waals surface area contributed by atoms with Gasteiger partial charge in [-0.15, -0.1) is 12.4 Å². The van der Waals surface area contributed by atoms with Gasteiger partial charge in [0.25, 0.3) is 5.91 Å². The van der Waals surface area contributed by atoms with Crippen molar-refractivity contribution in [2.24, 2.45) is 10.9 Å². The molecule has 0 aliphatic carbocycles. The molecule has 0 radical (unpaired) electrons. The third kappa shape index (κ3) is 8.30. The molecule has 0 unspecified atom stereocenters. The van der Waals surface area contributed by atoms with Crippen molar-refractivity contribution in [3.8, 4) is 17.2 Å². The summed E-state index contributed by atoms with van der Waals surface area (Å²) in [5, 5.41) is 3.50. The normalized spacial score (nSPS) is 10.5. The molecule has 0 saturated heterocycles. The summed E-state index contributed by atoms with van der Waals surface area (Å²) in [5.74, 6) is 7.18. The number of nitrogens with zero attached hydrogens (tertiary/aromatic N) is 2. The van der Waals surface area contributed by atoms with E-state index >= 15 is 0 Å². The van der Waals surface area contributed by atoms with Crippen molar-refractivity contribution >= 4 is 24.5 Å². The number of hydrazone groups is 1. The maximum atomic E-state index is 12.6. The van der Waals surface area contributed by atoms with Crippen LogP contribution in [0.2, 0.25) is 0 Å². The van der Waals surface area contributed by atoms with Gasteiger partial charge in [-0.25, -0.2) is 0 Å². The number of nitrogens with two attached hydrogens (primary N) is 1. The minimum absolute atomic E-state index is 0. The van der Waals surface area contributed by atoms with Gasteiger partial charge in [0, 0.05) is 18.7 Å². The van der Waals surface area contributed by atoms with E-state index in [2.05, 4.69) is 5.10 Å².